The molecule has 1 aliphatic heterocycles. The van der Waals surface area contributed by atoms with Crippen LogP contribution in [-0.4, -0.2) is 55.4 Å². The van der Waals surface area contributed by atoms with Crippen molar-refractivity contribution in [2.24, 2.45) is 5.92 Å². The van der Waals surface area contributed by atoms with Crippen molar-refractivity contribution in [3.8, 4) is 0 Å². The highest BCUT2D eigenvalue weighted by Crippen LogP contribution is 2.24. The summed E-state index contributed by atoms with van der Waals surface area (Å²) in [6.45, 7) is 10.2. The van der Waals surface area contributed by atoms with Crippen LogP contribution < -0.4 is 0 Å². The lowest BCUT2D eigenvalue weighted by Gasteiger charge is -2.34. The fourth-order valence-electron chi connectivity index (χ4n) is 2.88. The van der Waals surface area contributed by atoms with E-state index in [0.717, 1.165) is 31.7 Å². The molecule has 0 radical (unpaired) electrons. The van der Waals surface area contributed by atoms with Gasteiger partial charge in [-0.3, -0.25) is 9.69 Å². The van der Waals surface area contributed by atoms with Crippen molar-refractivity contribution in [2.45, 2.75) is 26.7 Å². The third-order valence-corrected chi connectivity index (χ3v) is 4.55. The van der Waals surface area contributed by atoms with Gasteiger partial charge < -0.3 is 4.90 Å². The van der Waals surface area contributed by atoms with E-state index in [4.69, 9.17) is 0 Å². The number of rotatable bonds is 5. The molecule has 0 saturated carbocycles. The number of nitrogens with zero attached hydrogens (tertiary/aromatic N) is 2. The highest BCUT2D eigenvalue weighted by Gasteiger charge is 2.27. The van der Waals surface area contributed by atoms with Gasteiger partial charge in [0.1, 0.15) is 11.6 Å². The Kier molecular flexibility index (Phi) is 5.70. The van der Waals surface area contributed by atoms with Crippen molar-refractivity contribution < 1.29 is 9.18 Å². The van der Waals surface area contributed by atoms with Crippen LogP contribution in [0.4, 0.5) is 4.39 Å². The van der Waals surface area contributed by atoms with E-state index in [9.17, 15) is 9.18 Å². The minimum absolute atomic E-state index is 0.0400. The normalized spacial score (nSPS) is 18.6. The SMILES string of the molecule is Cc1ccc([C@@H](CN2CCN(C)CC2)C(=O)C(C)C)cc1F. The Hall–Kier alpha value is -1.26. The Morgan fingerprint density at radius 1 is 1.23 bits per heavy atom. The van der Waals surface area contributed by atoms with Gasteiger partial charge in [0.2, 0.25) is 0 Å². The molecular weight excluding hydrogens is 279 g/mol. The zero-order chi connectivity index (χ0) is 16.3. The summed E-state index contributed by atoms with van der Waals surface area (Å²) in [4.78, 5) is 17.2. The predicted molar refractivity (Wildman–Crippen MR) is 87.7 cm³/mol. The quantitative estimate of drug-likeness (QED) is 0.835. The maximum Gasteiger partial charge on any atom is 0.144 e. The number of halogens is 1. The van der Waals surface area contributed by atoms with Crippen LogP contribution in [0.2, 0.25) is 0 Å². The molecule has 1 heterocycles. The molecule has 0 spiro atoms. The van der Waals surface area contributed by atoms with Gasteiger partial charge in [-0.15, -0.1) is 0 Å². The van der Waals surface area contributed by atoms with E-state index in [1.54, 1.807) is 13.0 Å². The molecule has 1 saturated heterocycles. The van der Waals surface area contributed by atoms with Gasteiger partial charge >= 0.3 is 0 Å². The summed E-state index contributed by atoms with van der Waals surface area (Å²) in [6, 6.07) is 5.21. The number of benzene rings is 1. The van der Waals surface area contributed by atoms with E-state index in [1.807, 2.05) is 19.9 Å². The Bertz CT molecular complexity index is 522. The summed E-state index contributed by atoms with van der Waals surface area (Å²) in [5.74, 6) is -0.306. The summed E-state index contributed by atoms with van der Waals surface area (Å²) in [7, 11) is 2.11. The fourth-order valence-corrected chi connectivity index (χ4v) is 2.88. The summed E-state index contributed by atoms with van der Waals surface area (Å²) in [5, 5.41) is 0. The number of hydrogen-bond donors (Lipinski definition) is 0. The first-order chi connectivity index (χ1) is 10.4. The van der Waals surface area contributed by atoms with Crippen LogP contribution >= 0.6 is 0 Å². The molecule has 122 valence electrons. The number of Topliss-reactive ketones (excluding diaryl/α,β-unsaturated/α-hetero) is 1. The smallest absolute Gasteiger partial charge is 0.144 e. The fraction of sp³-hybridized carbons (Fsp3) is 0.611. The molecule has 0 unspecified atom stereocenters. The molecule has 3 nitrogen and oxygen atoms in total. The van der Waals surface area contributed by atoms with Crippen LogP contribution in [0.15, 0.2) is 18.2 Å². The second-order valence-corrected chi connectivity index (χ2v) is 6.72. The minimum atomic E-state index is -0.237. The zero-order valence-electron chi connectivity index (χ0n) is 14.1. The second-order valence-electron chi connectivity index (χ2n) is 6.72. The number of piperazine rings is 1. The highest BCUT2D eigenvalue weighted by molar-refractivity contribution is 5.87. The van der Waals surface area contributed by atoms with E-state index < -0.39 is 0 Å². The van der Waals surface area contributed by atoms with Crippen molar-refractivity contribution in [3.05, 3.63) is 35.1 Å². The molecule has 1 aliphatic rings. The Morgan fingerprint density at radius 3 is 2.41 bits per heavy atom. The van der Waals surface area contributed by atoms with Gasteiger partial charge in [0, 0.05) is 38.6 Å². The first-order valence-corrected chi connectivity index (χ1v) is 8.09. The van der Waals surface area contributed by atoms with Crippen LogP contribution in [0, 0.1) is 18.7 Å². The van der Waals surface area contributed by atoms with Gasteiger partial charge in [-0.25, -0.2) is 4.39 Å². The van der Waals surface area contributed by atoms with Crippen molar-refractivity contribution in [1.29, 1.82) is 0 Å². The number of ketones is 1. The highest BCUT2D eigenvalue weighted by atomic mass is 19.1. The van der Waals surface area contributed by atoms with Crippen LogP contribution in [0.25, 0.3) is 0 Å². The van der Waals surface area contributed by atoms with Gasteiger partial charge in [-0.1, -0.05) is 26.0 Å². The van der Waals surface area contributed by atoms with E-state index in [1.165, 1.54) is 6.07 Å². The molecule has 1 aromatic carbocycles. The maximum atomic E-state index is 13.9. The van der Waals surface area contributed by atoms with E-state index >= 15 is 0 Å². The summed E-state index contributed by atoms with van der Waals surface area (Å²) in [6.07, 6.45) is 0. The summed E-state index contributed by atoms with van der Waals surface area (Å²) >= 11 is 0. The van der Waals surface area contributed by atoms with Gasteiger partial charge in [0.15, 0.2) is 0 Å². The van der Waals surface area contributed by atoms with E-state index in [-0.39, 0.29) is 23.4 Å². The van der Waals surface area contributed by atoms with Crippen molar-refractivity contribution in [2.75, 3.05) is 39.8 Å². The van der Waals surface area contributed by atoms with Crippen LogP contribution in [0.5, 0.6) is 0 Å². The lowest BCUT2D eigenvalue weighted by molar-refractivity contribution is -0.124. The average molecular weight is 306 g/mol. The molecule has 22 heavy (non-hydrogen) atoms. The molecule has 0 bridgehead atoms. The van der Waals surface area contributed by atoms with Crippen LogP contribution in [0.1, 0.15) is 30.9 Å². The number of carbonyl (C=O) groups is 1. The summed E-state index contributed by atoms with van der Waals surface area (Å²) in [5.41, 5.74) is 1.43. The topological polar surface area (TPSA) is 23.6 Å². The molecule has 0 aromatic heterocycles. The van der Waals surface area contributed by atoms with Gasteiger partial charge in [-0.2, -0.15) is 0 Å². The molecule has 0 amide bonds. The van der Waals surface area contributed by atoms with E-state index in [2.05, 4.69) is 16.8 Å². The Labute approximate surface area is 133 Å². The van der Waals surface area contributed by atoms with Gasteiger partial charge in [0.05, 0.1) is 5.92 Å². The second kappa shape index (κ2) is 7.34. The third kappa shape index (κ3) is 4.14. The van der Waals surface area contributed by atoms with Crippen molar-refractivity contribution in [3.63, 3.8) is 0 Å². The van der Waals surface area contributed by atoms with Crippen molar-refractivity contribution in [1.82, 2.24) is 9.80 Å². The molecule has 2 rings (SSSR count). The monoisotopic (exact) mass is 306 g/mol. The van der Waals surface area contributed by atoms with E-state index in [0.29, 0.717) is 12.1 Å². The number of carbonyl (C=O) groups excluding carboxylic acids is 1. The lowest BCUT2D eigenvalue weighted by Crippen LogP contribution is -2.46. The molecule has 1 fully saturated rings. The average Bonchev–Trinajstić information content (AvgIpc) is 2.49. The minimum Gasteiger partial charge on any atom is -0.304 e. The zero-order valence-corrected chi connectivity index (χ0v) is 14.1. The van der Waals surface area contributed by atoms with Gasteiger partial charge in [-0.05, 0) is 31.2 Å². The predicted octanol–water partition coefficient (Wildman–Crippen LogP) is 2.69. The number of aryl methyl sites for hydroxylation is 1. The van der Waals surface area contributed by atoms with Crippen molar-refractivity contribution >= 4 is 5.78 Å². The largest absolute Gasteiger partial charge is 0.304 e. The Morgan fingerprint density at radius 2 is 1.86 bits per heavy atom. The standard InChI is InChI=1S/C18H27FN2O/c1-13(2)18(22)16(12-21-9-7-20(4)8-10-21)15-6-5-14(3)17(19)11-15/h5-6,11,13,16H,7-10,12H2,1-4H3/t16-/m1/s1. The lowest BCUT2D eigenvalue weighted by atomic mass is 9.87. The summed E-state index contributed by atoms with van der Waals surface area (Å²) < 4.78 is 13.9. The molecule has 0 N–H and O–H groups in total. The first-order valence-electron chi connectivity index (χ1n) is 8.09. The maximum absolute atomic E-state index is 13.9. The molecule has 0 aliphatic carbocycles. The first kappa shape index (κ1) is 17.1. The Balaban J connectivity index is 2.19. The van der Waals surface area contributed by atoms with Gasteiger partial charge in [0.25, 0.3) is 0 Å². The molecule has 1 aromatic rings. The third-order valence-electron chi connectivity index (χ3n) is 4.55. The van der Waals surface area contributed by atoms with Crippen LogP contribution in [0.3, 0.4) is 0 Å². The molecule has 1 atom stereocenters. The van der Waals surface area contributed by atoms with Crippen LogP contribution in [-0.2, 0) is 4.79 Å². The molecule has 4 heteroatoms. The number of likely N-dealkylation sites (N-methyl/N-ethyl adjacent to an activating group) is 1. The number of hydrogen-bond acceptors (Lipinski definition) is 3. The molecular formula is C18H27FN2O.